The summed E-state index contributed by atoms with van der Waals surface area (Å²) < 4.78 is 0. The molecule has 0 N–H and O–H groups in total. The van der Waals surface area contributed by atoms with E-state index in [9.17, 15) is 0 Å². The monoisotopic (exact) mass is 441 g/mol. The molecule has 0 atom stereocenters. The molecule has 19 heavy (non-hydrogen) atoms. The molecule has 0 bridgehead atoms. The molecule has 1 aromatic carbocycles. The minimum Gasteiger partial charge on any atom is -0.255 e. The van der Waals surface area contributed by atoms with Gasteiger partial charge in [0.1, 0.15) is 0 Å². The second-order valence-corrected chi connectivity index (χ2v) is 3.98. The molecule has 0 unspecified atom stereocenters. The molecule has 2 heterocycles. The van der Waals surface area contributed by atoms with Crippen LogP contribution in [-0.4, -0.2) is 36.2 Å². The minimum atomic E-state index is 0. The fourth-order valence-electron chi connectivity index (χ4n) is 1.96. The molecular weight excluding hydrogens is 429 g/mol. The maximum atomic E-state index is 4.46. The first kappa shape index (κ1) is 13.8. The van der Waals surface area contributed by atoms with E-state index in [4.69, 9.17) is 0 Å². The number of aromatic nitrogens is 2. The van der Waals surface area contributed by atoms with Crippen LogP contribution in [0.15, 0.2) is 73.1 Å². The van der Waals surface area contributed by atoms with Gasteiger partial charge in [-0.3, -0.25) is 9.97 Å². The van der Waals surface area contributed by atoms with Gasteiger partial charge >= 0.3 is 0 Å². The normalized spacial score (nSPS) is 9.68. The van der Waals surface area contributed by atoms with Crippen molar-refractivity contribution in [1.82, 2.24) is 9.97 Å². The average molecular weight is 441 g/mol. The van der Waals surface area contributed by atoms with E-state index in [0.29, 0.717) is 0 Å². The summed E-state index contributed by atoms with van der Waals surface area (Å²) in [5.74, 6) is 0. The predicted molar refractivity (Wildman–Crippen MR) is 78.7 cm³/mol. The molecule has 0 fully saturated rings. The maximum absolute atomic E-state index is 4.46. The smallest absolute Gasteiger partial charge is 0.0964 e. The van der Waals surface area contributed by atoms with E-state index in [1.807, 2.05) is 42.5 Å². The van der Waals surface area contributed by atoms with Crippen molar-refractivity contribution in [3.63, 3.8) is 0 Å². The number of pyridine rings is 2. The summed E-state index contributed by atoms with van der Waals surface area (Å²) >= 11 is 0. The Bertz CT molecular complexity index is 581. The van der Waals surface area contributed by atoms with Gasteiger partial charge in [0.2, 0.25) is 0 Å². The third-order valence-corrected chi connectivity index (χ3v) is 2.80. The van der Waals surface area contributed by atoms with Crippen LogP contribution in [0.4, 0.5) is 0 Å². The van der Waals surface area contributed by atoms with Gasteiger partial charge < -0.3 is 0 Å². The Labute approximate surface area is 131 Å². The third kappa shape index (κ3) is 3.05. The van der Waals surface area contributed by atoms with E-state index in [2.05, 4.69) is 28.2 Å². The fourth-order valence-corrected chi connectivity index (χ4v) is 1.96. The van der Waals surface area contributed by atoms with Gasteiger partial charge in [0.25, 0.3) is 0 Å². The Kier molecular flexibility index (Phi) is 4.76. The quantitative estimate of drug-likeness (QED) is 0.570. The van der Waals surface area contributed by atoms with Crippen molar-refractivity contribution in [3.8, 4) is 22.5 Å². The Morgan fingerprint density at radius 3 is 2.11 bits per heavy atom. The van der Waals surface area contributed by atoms with Crippen LogP contribution >= 0.6 is 0 Å². The molecule has 0 spiro atoms. The minimum absolute atomic E-state index is 0. The Morgan fingerprint density at radius 2 is 1.37 bits per heavy atom. The van der Waals surface area contributed by atoms with Gasteiger partial charge in [0.05, 0.1) is 11.4 Å². The van der Waals surface area contributed by atoms with E-state index < -0.39 is 0 Å². The summed E-state index contributed by atoms with van der Waals surface area (Å²) in [6, 6.07) is 20.2. The molecule has 3 rings (SSSR count). The van der Waals surface area contributed by atoms with E-state index >= 15 is 0 Å². The summed E-state index contributed by atoms with van der Waals surface area (Å²) in [5, 5.41) is 0. The Morgan fingerprint density at radius 1 is 0.632 bits per heavy atom. The van der Waals surface area contributed by atoms with E-state index in [1.54, 1.807) is 12.4 Å². The Balaban J connectivity index is 0.00000133. The van der Waals surface area contributed by atoms with Gasteiger partial charge in [-0.05, 0) is 23.8 Å². The van der Waals surface area contributed by atoms with Crippen LogP contribution in [0.5, 0.6) is 0 Å². The summed E-state index contributed by atoms with van der Waals surface area (Å²) in [6.07, 6.45) is 3.59. The van der Waals surface area contributed by atoms with Gasteiger partial charge in [0, 0.05) is 44.2 Å². The predicted octanol–water partition coefficient (Wildman–Crippen LogP) is 3.43. The molecule has 0 aliphatic heterocycles. The van der Waals surface area contributed by atoms with Gasteiger partial charge in [-0.2, -0.15) is 0 Å². The molecule has 3 heteroatoms. The number of hydrogen-bond donors (Lipinski definition) is 0. The van der Waals surface area contributed by atoms with Gasteiger partial charge in [-0.15, -0.1) is 0 Å². The molecule has 2 nitrogen and oxygen atoms in total. The zero-order valence-electron chi connectivity index (χ0n) is 10.3. The van der Waals surface area contributed by atoms with Crippen LogP contribution in [0.3, 0.4) is 0 Å². The van der Waals surface area contributed by atoms with Crippen LogP contribution in [0, 0.1) is 0 Å². The van der Waals surface area contributed by atoms with Crippen LogP contribution in [0.2, 0.25) is 0 Å². The zero-order chi connectivity index (χ0) is 12.2. The molecule has 0 saturated carbocycles. The van der Waals surface area contributed by atoms with Crippen LogP contribution in [0.25, 0.3) is 22.5 Å². The van der Waals surface area contributed by atoms with Crippen molar-refractivity contribution in [2.75, 3.05) is 0 Å². The van der Waals surface area contributed by atoms with Crippen LogP contribution in [0.1, 0.15) is 0 Å². The first-order valence-electron chi connectivity index (χ1n) is 5.87. The summed E-state index contributed by atoms with van der Waals surface area (Å²) in [4.78, 5) is 8.84. The van der Waals surface area contributed by atoms with E-state index in [1.165, 1.54) is 0 Å². The first-order valence-corrected chi connectivity index (χ1v) is 5.87. The summed E-state index contributed by atoms with van der Waals surface area (Å²) in [5.41, 5.74) is 4.09. The molecule has 0 aliphatic carbocycles. The van der Waals surface area contributed by atoms with Crippen molar-refractivity contribution >= 4 is 26.2 Å². The van der Waals surface area contributed by atoms with Crippen molar-refractivity contribution in [2.24, 2.45) is 0 Å². The van der Waals surface area contributed by atoms with E-state index in [-0.39, 0.29) is 26.2 Å². The topological polar surface area (TPSA) is 25.8 Å². The second-order valence-electron chi connectivity index (χ2n) is 3.98. The standard InChI is InChI=1S/C16H12N2.Bi/c1-2-7-13(8-3-1)14-9-6-12-18-16(14)15-10-4-5-11-17-15;/h1-12H;. The van der Waals surface area contributed by atoms with Crippen molar-refractivity contribution < 1.29 is 0 Å². The summed E-state index contributed by atoms with van der Waals surface area (Å²) in [7, 11) is 0. The molecule has 3 aromatic rings. The molecule has 3 radical (unpaired) electrons. The van der Waals surface area contributed by atoms with Gasteiger partial charge in [0.15, 0.2) is 0 Å². The molecule has 0 amide bonds. The molecule has 0 aliphatic rings. The van der Waals surface area contributed by atoms with Crippen LogP contribution < -0.4 is 0 Å². The van der Waals surface area contributed by atoms with E-state index in [0.717, 1.165) is 22.5 Å². The fraction of sp³-hybridized carbons (Fsp3) is 0. The largest absolute Gasteiger partial charge is 0.255 e. The van der Waals surface area contributed by atoms with Crippen LogP contribution in [-0.2, 0) is 0 Å². The number of hydrogen-bond acceptors (Lipinski definition) is 2. The van der Waals surface area contributed by atoms with Crippen molar-refractivity contribution in [2.45, 2.75) is 0 Å². The molecule has 0 saturated heterocycles. The molecular formula is C16H12BiN2. The number of rotatable bonds is 2. The van der Waals surface area contributed by atoms with Crippen molar-refractivity contribution in [3.05, 3.63) is 73.1 Å². The molecule has 2 aromatic heterocycles. The number of benzene rings is 1. The van der Waals surface area contributed by atoms with Gasteiger partial charge in [-0.1, -0.05) is 42.5 Å². The van der Waals surface area contributed by atoms with Gasteiger partial charge in [-0.25, -0.2) is 0 Å². The van der Waals surface area contributed by atoms with Crippen molar-refractivity contribution in [1.29, 1.82) is 0 Å². The third-order valence-electron chi connectivity index (χ3n) is 2.80. The second kappa shape index (κ2) is 6.54. The average Bonchev–Trinajstić information content (AvgIpc) is 2.49. The zero-order valence-corrected chi connectivity index (χ0v) is 13.7. The SMILES string of the molecule is [Bi].c1ccc(-c2cccnc2-c2ccccn2)cc1. The maximum Gasteiger partial charge on any atom is 0.0964 e. The summed E-state index contributed by atoms with van der Waals surface area (Å²) in [6.45, 7) is 0. The number of nitrogens with zero attached hydrogens (tertiary/aromatic N) is 2. The Hall–Kier alpha value is -1.60. The first-order chi connectivity index (χ1) is 8.95. The molecule has 91 valence electrons.